The molecule has 0 saturated heterocycles. The van der Waals surface area contributed by atoms with Crippen LogP contribution in [0.1, 0.15) is 19.4 Å². The monoisotopic (exact) mass is 202 g/mol. The van der Waals surface area contributed by atoms with Gasteiger partial charge in [-0.1, -0.05) is 17.7 Å². The zero-order valence-corrected chi connectivity index (χ0v) is 8.40. The summed E-state index contributed by atoms with van der Waals surface area (Å²) in [6.45, 7) is 3.37. The number of hydrogen-bond acceptors (Lipinski definition) is 1. The van der Waals surface area contributed by atoms with Crippen LogP contribution < -0.4 is 0 Å². The Labute approximate surface area is 82.2 Å². The van der Waals surface area contributed by atoms with Crippen molar-refractivity contribution >= 4 is 11.6 Å². The molecule has 0 spiro atoms. The predicted molar refractivity (Wildman–Crippen MR) is 51.4 cm³/mol. The molecule has 0 fully saturated rings. The van der Waals surface area contributed by atoms with E-state index in [1.807, 2.05) is 0 Å². The Hall–Kier alpha value is -0.600. The van der Waals surface area contributed by atoms with Crippen molar-refractivity contribution in [2.45, 2.75) is 25.9 Å². The van der Waals surface area contributed by atoms with Gasteiger partial charge in [-0.25, -0.2) is 4.39 Å². The van der Waals surface area contributed by atoms with Crippen LogP contribution >= 0.6 is 11.6 Å². The summed E-state index contributed by atoms with van der Waals surface area (Å²) in [4.78, 5) is 0. The normalized spacial score (nSPS) is 11.8. The lowest BCUT2D eigenvalue weighted by atomic mass is 9.99. The summed E-state index contributed by atoms with van der Waals surface area (Å²) in [5.74, 6) is -0.357. The largest absolute Gasteiger partial charge is 0.390 e. The number of rotatable bonds is 2. The van der Waals surface area contributed by atoms with Gasteiger partial charge in [-0.3, -0.25) is 0 Å². The fraction of sp³-hybridized carbons (Fsp3) is 0.400. The maximum absolute atomic E-state index is 12.6. The molecular weight excluding hydrogens is 191 g/mol. The number of aliphatic hydroxyl groups is 1. The van der Waals surface area contributed by atoms with Crippen LogP contribution in [0.2, 0.25) is 5.02 Å². The highest BCUT2D eigenvalue weighted by atomic mass is 35.5. The van der Waals surface area contributed by atoms with Gasteiger partial charge in [0.1, 0.15) is 5.82 Å². The first-order valence-electron chi connectivity index (χ1n) is 4.05. The van der Waals surface area contributed by atoms with Crippen molar-refractivity contribution in [3.8, 4) is 0 Å². The first-order chi connectivity index (χ1) is 5.88. The van der Waals surface area contributed by atoms with Crippen LogP contribution in [0.5, 0.6) is 0 Å². The highest BCUT2D eigenvalue weighted by molar-refractivity contribution is 6.31. The van der Waals surface area contributed by atoms with Crippen molar-refractivity contribution < 1.29 is 9.50 Å². The van der Waals surface area contributed by atoms with Crippen LogP contribution in [0, 0.1) is 5.82 Å². The maximum Gasteiger partial charge on any atom is 0.124 e. The average molecular weight is 203 g/mol. The van der Waals surface area contributed by atoms with Gasteiger partial charge in [0.2, 0.25) is 0 Å². The number of halogens is 2. The van der Waals surface area contributed by atoms with Gasteiger partial charge < -0.3 is 5.11 Å². The fourth-order valence-electron chi connectivity index (χ4n) is 1.13. The minimum absolute atomic E-state index is 0.357. The summed E-state index contributed by atoms with van der Waals surface area (Å²) in [6, 6.07) is 4.19. The van der Waals surface area contributed by atoms with E-state index in [0.717, 1.165) is 5.56 Å². The molecule has 1 aromatic carbocycles. The molecule has 1 nitrogen and oxygen atoms in total. The van der Waals surface area contributed by atoms with Crippen LogP contribution in [-0.2, 0) is 6.42 Å². The number of hydrogen-bond donors (Lipinski definition) is 1. The average Bonchev–Trinajstić information content (AvgIpc) is 1.93. The maximum atomic E-state index is 12.6. The molecule has 72 valence electrons. The smallest absolute Gasteiger partial charge is 0.124 e. The van der Waals surface area contributed by atoms with Crippen molar-refractivity contribution in [2.24, 2.45) is 0 Å². The van der Waals surface area contributed by atoms with Gasteiger partial charge in [0, 0.05) is 11.4 Å². The minimum atomic E-state index is -0.818. The van der Waals surface area contributed by atoms with E-state index in [9.17, 15) is 9.50 Å². The SMILES string of the molecule is CC(C)(O)Cc1ccc(F)cc1Cl. The summed E-state index contributed by atoms with van der Waals surface area (Å²) in [5, 5.41) is 9.88. The molecule has 1 aromatic rings. The zero-order chi connectivity index (χ0) is 10.1. The molecule has 0 aliphatic rings. The van der Waals surface area contributed by atoms with Crippen molar-refractivity contribution in [2.75, 3.05) is 0 Å². The van der Waals surface area contributed by atoms with E-state index >= 15 is 0 Å². The first kappa shape index (κ1) is 10.5. The minimum Gasteiger partial charge on any atom is -0.390 e. The van der Waals surface area contributed by atoms with Crippen LogP contribution in [-0.4, -0.2) is 10.7 Å². The van der Waals surface area contributed by atoms with Crippen molar-refractivity contribution in [3.05, 3.63) is 34.6 Å². The van der Waals surface area contributed by atoms with Gasteiger partial charge in [0.15, 0.2) is 0 Å². The quantitative estimate of drug-likeness (QED) is 0.782. The van der Waals surface area contributed by atoms with Crippen LogP contribution in [0.4, 0.5) is 4.39 Å². The molecule has 0 bridgehead atoms. The fourth-order valence-corrected chi connectivity index (χ4v) is 1.37. The third-order valence-corrected chi connectivity index (χ3v) is 1.99. The van der Waals surface area contributed by atoms with E-state index in [4.69, 9.17) is 11.6 Å². The molecular formula is C10H12ClFO. The molecule has 0 unspecified atom stereocenters. The molecule has 0 amide bonds. The Kier molecular flexibility index (Phi) is 2.94. The molecule has 0 atom stereocenters. The second-order valence-corrected chi connectivity index (χ2v) is 4.13. The summed E-state index contributed by atoms with van der Waals surface area (Å²) in [6.07, 6.45) is 0.423. The topological polar surface area (TPSA) is 20.2 Å². The molecule has 0 aliphatic carbocycles. The lowest BCUT2D eigenvalue weighted by Gasteiger charge is -2.17. The van der Waals surface area contributed by atoms with Gasteiger partial charge in [0.25, 0.3) is 0 Å². The van der Waals surface area contributed by atoms with E-state index in [1.54, 1.807) is 19.9 Å². The summed E-state index contributed by atoms with van der Waals surface area (Å²) in [7, 11) is 0. The summed E-state index contributed by atoms with van der Waals surface area (Å²) >= 11 is 5.78. The first-order valence-corrected chi connectivity index (χ1v) is 4.42. The van der Waals surface area contributed by atoms with Gasteiger partial charge in [-0.05, 0) is 31.5 Å². The van der Waals surface area contributed by atoms with Crippen LogP contribution in [0.3, 0.4) is 0 Å². The zero-order valence-electron chi connectivity index (χ0n) is 7.64. The van der Waals surface area contributed by atoms with Crippen LogP contribution in [0.15, 0.2) is 18.2 Å². The van der Waals surface area contributed by atoms with Crippen LogP contribution in [0.25, 0.3) is 0 Å². The van der Waals surface area contributed by atoms with Gasteiger partial charge in [0.05, 0.1) is 5.60 Å². The molecule has 3 heteroatoms. The van der Waals surface area contributed by atoms with E-state index in [1.165, 1.54) is 12.1 Å². The van der Waals surface area contributed by atoms with Crippen molar-refractivity contribution in [3.63, 3.8) is 0 Å². The van der Waals surface area contributed by atoms with Gasteiger partial charge in [-0.2, -0.15) is 0 Å². The molecule has 1 N–H and O–H groups in total. The highest BCUT2D eigenvalue weighted by Gasteiger charge is 2.15. The molecule has 13 heavy (non-hydrogen) atoms. The summed E-state index contributed by atoms with van der Waals surface area (Å²) < 4.78 is 12.6. The third kappa shape index (κ3) is 3.33. The Morgan fingerprint density at radius 3 is 2.54 bits per heavy atom. The summed E-state index contributed by atoms with van der Waals surface area (Å²) in [5.41, 5.74) is -0.0582. The molecule has 0 saturated carbocycles. The number of benzene rings is 1. The molecule has 0 heterocycles. The van der Waals surface area contributed by atoms with E-state index in [2.05, 4.69) is 0 Å². The lowest BCUT2D eigenvalue weighted by Crippen LogP contribution is -2.22. The lowest BCUT2D eigenvalue weighted by molar-refractivity contribution is 0.0810. The third-order valence-electron chi connectivity index (χ3n) is 1.64. The predicted octanol–water partition coefficient (Wildman–Crippen LogP) is 2.79. The second kappa shape index (κ2) is 3.64. The molecule has 0 aliphatic heterocycles. The van der Waals surface area contributed by atoms with Crippen molar-refractivity contribution in [1.82, 2.24) is 0 Å². The van der Waals surface area contributed by atoms with Gasteiger partial charge >= 0.3 is 0 Å². The van der Waals surface area contributed by atoms with E-state index < -0.39 is 5.60 Å². The Balaban J connectivity index is 2.90. The Morgan fingerprint density at radius 2 is 2.08 bits per heavy atom. The molecule has 0 radical (unpaired) electrons. The molecule has 1 rings (SSSR count). The Morgan fingerprint density at radius 1 is 1.46 bits per heavy atom. The molecule has 0 aromatic heterocycles. The highest BCUT2D eigenvalue weighted by Crippen LogP contribution is 2.21. The van der Waals surface area contributed by atoms with E-state index in [0.29, 0.717) is 11.4 Å². The second-order valence-electron chi connectivity index (χ2n) is 3.72. The van der Waals surface area contributed by atoms with E-state index in [-0.39, 0.29) is 5.82 Å². The Bertz CT molecular complexity index is 304. The van der Waals surface area contributed by atoms with Gasteiger partial charge in [-0.15, -0.1) is 0 Å². The standard InChI is InChI=1S/C10H12ClFO/c1-10(2,13)6-7-3-4-8(12)5-9(7)11/h3-5,13H,6H2,1-2H3. The van der Waals surface area contributed by atoms with Crippen molar-refractivity contribution in [1.29, 1.82) is 0 Å².